The van der Waals surface area contributed by atoms with Gasteiger partial charge >= 0.3 is 5.97 Å². The minimum Gasteiger partial charge on any atom is -0.480 e. The highest BCUT2D eigenvalue weighted by Crippen LogP contribution is 1.91. The Morgan fingerprint density at radius 3 is 2.53 bits per heavy atom. The van der Waals surface area contributed by atoms with E-state index in [0.717, 1.165) is 6.20 Å². The Labute approximate surface area is 87.6 Å². The van der Waals surface area contributed by atoms with Crippen LogP contribution in [0.5, 0.6) is 0 Å². The molecule has 3 N–H and O–H groups in total. The van der Waals surface area contributed by atoms with Gasteiger partial charge in [-0.2, -0.15) is 5.26 Å². The standard InChI is InChI=1S/C9H13N3O3/c1-6(2)12-9(15)7(3-10)4-11-5-8(13)14/h4,6,11H,5H2,1-2H3,(H,12,15)(H,13,14)/b7-4-. The lowest BCUT2D eigenvalue weighted by Gasteiger charge is -2.06. The van der Waals surface area contributed by atoms with Gasteiger partial charge in [-0.1, -0.05) is 0 Å². The minimum absolute atomic E-state index is 0.0753. The van der Waals surface area contributed by atoms with Crippen LogP contribution in [0.1, 0.15) is 13.8 Å². The van der Waals surface area contributed by atoms with E-state index in [2.05, 4.69) is 10.6 Å². The third kappa shape index (κ3) is 6.10. The molecule has 0 fully saturated rings. The van der Waals surface area contributed by atoms with E-state index in [0.29, 0.717) is 0 Å². The fraction of sp³-hybridized carbons (Fsp3) is 0.444. The number of hydrogen-bond donors (Lipinski definition) is 3. The molecule has 0 saturated heterocycles. The normalized spacial score (nSPS) is 10.7. The molecule has 0 aliphatic carbocycles. The van der Waals surface area contributed by atoms with E-state index in [-0.39, 0.29) is 18.2 Å². The van der Waals surface area contributed by atoms with Gasteiger partial charge in [0.15, 0.2) is 0 Å². The van der Waals surface area contributed by atoms with E-state index in [1.807, 2.05) is 0 Å². The fourth-order valence-electron chi connectivity index (χ4n) is 0.729. The van der Waals surface area contributed by atoms with Gasteiger partial charge in [0.25, 0.3) is 5.91 Å². The molecule has 0 heterocycles. The van der Waals surface area contributed by atoms with E-state index in [1.165, 1.54) is 0 Å². The number of amides is 1. The lowest BCUT2D eigenvalue weighted by molar-refractivity contribution is -0.135. The highest BCUT2D eigenvalue weighted by atomic mass is 16.4. The van der Waals surface area contributed by atoms with Crippen LogP contribution in [0.25, 0.3) is 0 Å². The zero-order valence-electron chi connectivity index (χ0n) is 8.57. The highest BCUT2D eigenvalue weighted by Gasteiger charge is 2.09. The molecule has 0 aromatic carbocycles. The van der Waals surface area contributed by atoms with Crippen LogP contribution in [-0.4, -0.2) is 29.6 Å². The summed E-state index contributed by atoms with van der Waals surface area (Å²) in [6.07, 6.45) is 1.09. The Bertz CT molecular complexity index is 315. The molecule has 0 bridgehead atoms. The van der Waals surface area contributed by atoms with Crippen LogP contribution in [0, 0.1) is 11.3 Å². The first kappa shape index (κ1) is 13.0. The molecule has 6 heteroatoms. The van der Waals surface area contributed by atoms with Crippen molar-refractivity contribution in [3.63, 3.8) is 0 Å². The summed E-state index contributed by atoms with van der Waals surface area (Å²) >= 11 is 0. The lowest BCUT2D eigenvalue weighted by Crippen LogP contribution is -2.32. The van der Waals surface area contributed by atoms with Crippen LogP contribution in [0.2, 0.25) is 0 Å². The van der Waals surface area contributed by atoms with Crippen molar-refractivity contribution in [3.8, 4) is 6.07 Å². The second-order valence-electron chi connectivity index (χ2n) is 3.07. The number of hydrogen-bond acceptors (Lipinski definition) is 4. The maximum atomic E-state index is 11.3. The molecule has 0 rings (SSSR count). The number of aliphatic carboxylic acids is 1. The predicted molar refractivity (Wildman–Crippen MR) is 52.6 cm³/mol. The van der Waals surface area contributed by atoms with Crippen LogP contribution in [0.4, 0.5) is 0 Å². The Balaban J connectivity index is 4.30. The number of carboxylic acid groups (broad SMARTS) is 1. The van der Waals surface area contributed by atoms with Gasteiger partial charge in [-0.25, -0.2) is 0 Å². The summed E-state index contributed by atoms with van der Waals surface area (Å²) in [5, 5.41) is 21.8. The largest absolute Gasteiger partial charge is 0.480 e. The molecule has 0 unspecified atom stereocenters. The molecular formula is C9H13N3O3. The third-order valence-corrected chi connectivity index (χ3v) is 1.28. The van der Waals surface area contributed by atoms with Gasteiger partial charge in [0.1, 0.15) is 18.2 Å². The molecule has 0 aromatic rings. The van der Waals surface area contributed by atoms with Gasteiger partial charge in [0.2, 0.25) is 0 Å². The van der Waals surface area contributed by atoms with Crippen molar-refractivity contribution in [2.24, 2.45) is 0 Å². The predicted octanol–water partition coefficient (Wildman–Crippen LogP) is -0.407. The molecule has 0 spiro atoms. The smallest absolute Gasteiger partial charge is 0.322 e. The van der Waals surface area contributed by atoms with Crippen molar-refractivity contribution >= 4 is 11.9 Å². The maximum Gasteiger partial charge on any atom is 0.322 e. The molecule has 6 nitrogen and oxygen atoms in total. The summed E-state index contributed by atoms with van der Waals surface area (Å²) in [7, 11) is 0. The third-order valence-electron chi connectivity index (χ3n) is 1.28. The van der Waals surface area contributed by atoms with Gasteiger partial charge in [-0.15, -0.1) is 0 Å². The fourth-order valence-corrected chi connectivity index (χ4v) is 0.729. The number of carboxylic acids is 1. The summed E-state index contributed by atoms with van der Waals surface area (Å²) in [5.41, 5.74) is -0.148. The average Bonchev–Trinajstić information content (AvgIpc) is 2.10. The second-order valence-corrected chi connectivity index (χ2v) is 3.07. The summed E-state index contributed by atoms with van der Waals surface area (Å²) in [4.78, 5) is 21.4. The molecule has 15 heavy (non-hydrogen) atoms. The Kier molecular flexibility index (Phi) is 5.56. The lowest BCUT2D eigenvalue weighted by atomic mass is 10.2. The Hall–Kier alpha value is -2.03. The monoisotopic (exact) mass is 211 g/mol. The van der Waals surface area contributed by atoms with Gasteiger partial charge in [-0.3, -0.25) is 9.59 Å². The highest BCUT2D eigenvalue weighted by molar-refractivity contribution is 5.97. The number of nitriles is 1. The molecular weight excluding hydrogens is 198 g/mol. The molecule has 0 aliphatic heterocycles. The number of rotatable bonds is 5. The van der Waals surface area contributed by atoms with Crippen molar-refractivity contribution in [3.05, 3.63) is 11.8 Å². The topological polar surface area (TPSA) is 102 Å². The van der Waals surface area contributed by atoms with Crippen LogP contribution < -0.4 is 10.6 Å². The van der Waals surface area contributed by atoms with E-state index in [4.69, 9.17) is 10.4 Å². The summed E-state index contributed by atoms with van der Waals surface area (Å²) in [6.45, 7) is 3.19. The molecule has 82 valence electrons. The Morgan fingerprint density at radius 2 is 2.13 bits per heavy atom. The molecule has 0 aliphatic rings. The van der Waals surface area contributed by atoms with Gasteiger partial charge < -0.3 is 15.7 Å². The molecule has 0 aromatic heterocycles. The summed E-state index contributed by atoms with van der Waals surface area (Å²) in [5.74, 6) is -1.59. The van der Waals surface area contributed by atoms with Crippen molar-refractivity contribution in [1.82, 2.24) is 10.6 Å². The van der Waals surface area contributed by atoms with Crippen molar-refractivity contribution in [2.45, 2.75) is 19.9 Å². The van der Waals surface area contributed by atoms with E-state index >= 15 is 0 Å². The number of carbonyl (C=O) groups is 2. The van der Waals surface area contributed by atoms with E-state index in [9.17, 15) is 9.59 Å². The average molecular weight is 211 g/mol. The number of nitrogens with one attached hydrogen (secondary N) is 2. The quantitative estimate of drug-likeness (QED) is 0.424. The maximum absolute atomic E-state index is 11.3. The van der Waals surface area contributed by atoms with Crippen LogP contribution in [0.15, 0.2) is 11.8 Å². The Morgan fingerprint density at radius 1 is 1.53 bits per heavy atom. The van der Waals surface area contributed by atoms with Crippen molar-refractivity contribution in [2.75, 3.05) is 6.54 Å². The van der Waals surface area contributed by atoms with Crippen molar-refractivity contribution in [1.29, 1.82) is 5.26 Å². The molecule has 0 radical (unpaired) electrons. The first-order valence-electron chi connectivity index (χ1n) is 4.33. The zero-order chi connectivity index (χ0) is 11.8. The van der Waals surface area contributed by atoms with Gasteiger partial charge in [0, 0.05) is 12.2 Å². The molecule has 0 saturated carbocycles. The molecule has 1 amide bonds. The number of nitrogens with zero attached hydrogens (tertiary/aromatic N) is 1. The van der Waals surface area contributed by atoms with Crippen LogP contribution in [0.3, 0.4) is 0 Å². The SMILES string of the molecule is CC(C)NC(=O)/C(C#N)=C\NCC(=O)O. The van der Waals surface area contributed by atoms with E-state index < -0.39 is 11.9 Å². The minimum atomic E-state index is -1.06. The first-order chi connectivity index (χ1) is 6.97. The first-order valence-corrected chi connectivity index (χ1v) is 4.33. The van der Waals surface area contributed by atoms with Crippen molar-refractivity contribution < 1.29 is 14.7 Å². The van der Waals surface area contributed by atoms with Crippen LogP contribution in [-0.2, 0) is 9.59 Å². The van der Waals surface area contributed by atoms with Gasteiger partial charge in [0.05, 0.1) is 0 Å². The van der Waals surface area contributed by atoms with E-state index in [1.54, 1.807) is 19.9 Å². The summed E-state index contributed by atoms with van der Waals surface area (Å²) in [6, 6.07) is 1.60. The zero-order valence-corrected chi connectivity index (χ0v) is 8.57. The second kappa shape index (κ2) is 6.43. The summed E-state index contributed by atoms with van der Waals surface area (Å²) < 4.78 is 0. The molecule has 0 atom stereocenters. The van der Waals surface area contributed by atoms with Gasteiger partial charge in [-0.05, 0) is 13.8 Å². The van der Waals surface area contributed by atoms with Crippen LogP contribution >= 0.6 is 0 Å². The number of carbonyl (C=O) groups excluding carboxylic acids is 1.